The van der Waals surface area contributed by atoms with Gasteiger partial charge in [0.05, 0.1) is 0 Å². The number of rotatable bonds is 4. The van der Waals surface area contributed by atoms with E-state index >= 15 is 0 Å². The van der Waals surface area contributed by atoms with Crippen LogP contribution in [0.1, 0.15) is 5.56 Å². The monoisotopic (exact) mass is 306 g/mol. The SMILES string of the molecule is Fc1cccc(COc2ccnc(N3CCNCC3)n2)c1F. The second kappa shape index (κ2) is 6.65. The molecule has 0 amide bonds. The van der Waals surface area contributed by atoms with Crippen LogP contribution in [0.3, 0.4) is 0 Å². The van der Waals surface area contributed by atoms with Gasteiger partial charge in [0.2, 0.25) is 11.8 Å². The summed E-state index contributed by atoms with van der Waals surface area (Å²) in [6.07, 6.45) is 1.60. The quantitative estimate of drug-likeness (QED) is 0.932. The van der Waals surface area contributed by atoms with Gasteiger partial charge in [-0.2, -0.15) is 4.98 Å². The fraction of sp³-hybridized carbons (Fsp3) is 0.333. The summed E-state index contributed by atoms with van der Waals surface area (Å²) in [5.41, 5.74) is 0.155. The normalized spacial score (nSPS) is 14.9. The van der Waals surface area contributed by atoms with Gasteiger partial charge in [-0.05, 0) is 6.07 Å². The number of hydrogen-bond acceptors (Lipinski definition) is 5. The smallest absolute Gasteiger partial charge is 0.228 e. The molecule has 0 atom stereocenters. The van der Waals surface area contributed by atoms with Crippen LogP contribution >= 0.6 is 0 Å². The van der Waals surface area contributed by atoms with E-state index in [1.54, 1.807) is 12.3 Å². The lowest BCUT2D eigenvalue weighted by Gasteiger charge is -2.27. The maximum absolute atomic E-state index is 13.6. The molecule has 3 rings (SSSR count). The summed E-state index contributed by atoms with van der Waals surface area (Å²) in [5.74, 6) is -0.852. The third-order valence-electron chi connectivity index (χ3n) is 3.42. The van der Waals surface area contributed by atoms with E-state index in [2.05, 4.69) is 15.3 Å². The number of aromatic nitrogens is 2. The fourth-order valence-corrected chi connectivity index (χ4v) is 2.24. The average molecular weight is 306 g/mol. The van der Waals surface area contributed by atoms with Crippen molar-refractivity contribution in [2.75, 3.05) is 31.1 Å². The molecule has 1 fully saturated rings. The maximum atomic E-state index is 13.6. The van der Waals surface area contributed by atoms with Crippen molar-refractivity contribution in [1.82, 2.24) is 15.3 Å². The Morgan fingerprint density at radius 3 is 2.82 bits per heavy atom. The van der Waals surface area contributed by atoms with Crippen molar-refractivity contribution in [3.63, 3.8) is 0 Å². The Hall–Kier alpha value is -2.28. The van der Waals surface area contributed by atoms with E-state index in [0.29, 0.717) is 11.8 Å². The van der Waals surface area contributed by atoms with Crippen LogP contribution in [0.15, 0.2) is 30.5 Å². The van der Waals surface area contributed by atoms with Crippen LogP contribution in [0.2, 0.25) is 0 Å². The summed E-state index contributed by atoms with van der Waals surface area (Å²) >= 11 is 0. The minimum atomic E-state index is -0.890. The van der Waals surface area contributed by atoms with Gasteiger partial charge >= 0.3 is 0 Å². The van der Waals surface area contributed by atoms with E-state index in [-0.39, 0.29) is 12.2 Å². The highest BCUT2D eigenvalue weighted by Gasteiger charge is 2.14. The number of anilines is 1. The molecular weight excluding hydrogens is 290 g/mol. The zero-order valence-corrected chi connectivity index (χ0v) is 11.9. The molecule has 0 aliphatic carbocycles. The first-order chi connectivity index (χ1) is 10.7. The van der Waals surface area contributed by atoms with Crippen LogP contribution in [0.25, 0.3) is 0 Å². The Morgan fingerprint density at radius 2 is 2.00 bits per heavy atom. The second-order valence-electron chi connectivity index (χ2n) is 4.93. The Balaban J connectivity index is 1.69. The second-order valence-corrected chi connectivity index (χ2v) is 4.93. The summed E-state index contributed by atoms with van der Waals surface area (Å²) in [6.45, 7) is 3.32. The molecule has 0 bridgehead atoms. The Labute approximate surface area is 127 Å². The minimum Gasteiger partial charge on any atom is -0.473 e. The molecular formula is C15H16F2N4O. The van der Waals surface area contributed by atoms with Crippen molar-refractivity contribution in [3.8, 4) is 5.88 Å². The molecule has 7 heteroatoms. The maximum Gasteiger partial charge on any atom is 0.228 e. The standard InChI is InChI=1S/C15H16F2N4O/c16-12-3-1-2-11(14(12)17)10-22-13-4-5-19-15(20-13)21-8-6-18-7-9-21/h1-5,18H,6-10H2. The first-order valence-electron chi connectivity index (χ1n) is 7.08. The summed E-state index contributed by atoms with van der Waals surface area (Å²) < 4.78 is 32.2. The first kappa shape index (κ1) is 14.6. The third-order valence-corrected chi connectivity index (χ3v) is 3.42. The van der Waals surface area contributed by atoms with Crippen molar-refractivity contribution >= 4 is 5.95 Å². The molecule has 2 heterocycles. The number of hydrogen-bond donors (Lipinski definition) is 1. The molecule has 1 aromatic carbocycles. The molecule has 0 radical (unpaired) electrons. The summed E-state index contributed by atoms with van der Waals surface area (Å²) in [5, 5.41) is 3.25. The Morgan fingerprint density at radius 1 is 1.18 bits per heavy atom. The number of benzene rings is 1. The van der Waals surface area contributed by atoms with Gasteiger partial charge in [0, 0.05) is 44.0 Å². The molecule has 0 saturated carbocycles. The van der Waals surface area contributed by atoms with Crippen LogP contribution in [0.5, 0.6) is 5.88 Å². The zero-order valence-electron chi connectivity index (χ0n) is 11.9. The molecule has 1 saturated heterocycles. The summed E-state index contributed by atoms with van der Waals surface area (Å²) in [4.78, 5) is 10.6. The summed E-state index contributed by atoms with van der Waals surface area (Å²) in [7, 11) is 0. The van der Waals surface area contributed by atoms with Crippen molar-refractivity contribution in [2.45, 2.75) is 6.61 Å². The Kier molecular flexibility index (Phi) is 4.43. The largest absolute Gasteiger partial charge is 0.473 e. The predicted molar refractivity (Wildman–Crippen MR) is 77.8 cm³/mol. The van der Waals surface area contributed by atoms with Gasteiger partial charge < -0.3 is 15.0 Å². The predicted octanol–water partition coefficient (Wildman–Crippen LogP) is 1.74. The van der Waals surface area contributed by atoms with Gasteiger partial charge in [0.25, 0.3) is 0 Å². The van der Waals surface area contributed by atoms with Crippen LogP contribution in [-0.2, 0) is 6.61 Å². The molecule has 5 nitrogen and oxygen atoms in total. The third kappa shape index (κ3) is 3.30. The molecule has 1 aliphatic heterocycles. The molecule has 0 unspecified atom stereocenters. The van der Waals surface area contributed by atoms with Crippen LogP contribution in [0.4, 0.5) is 14.7 Å². The molecule has 1 aliphatic rings. The van der Waals surface area contributed by atoms with Crippen molar-refractivity contribution in [1.29, 1.82) is 0 Å². The molecule has 22 heavy (non-hydrogen) atoms. The van der Waals surface area contributed by atoms with Crippen molar-refractivity contribution in [3.05, 3.63) is 47.7 Å². The highest BCUT2D eigenvalue weighted by molar-refractivity contribution is 5.32. The van der Waals surface area contributed by atoms with E-state index in [0.717, 1.165) is 32.2 Å². The lowest BCUT2D eigenvalue weighted by Crippen LogP contribution is -2.44. The van der Waals surface area contributed by atoms with Gasteiger partial charge in [0.1, 0.15) is 6.61 Å². The Bertz CT molecular complexity index is 647. The number of piperazine rings is 1. The first-order valence-corrected chi connectivity index (χ1v) is 7.08. The van der Waals surface area contributed by atoms with Crippen molar-refractivity contribution < 1.29 is 13.5 Å². The van der Waals surface area contributed by atoms with Gasteiger partial charge in [-0.15, -0.1) is 0 Å². The highest BCUT2D eigenvalue weighted by Crippen LogP contribution is 2.17. The topological polar surface area (TPSA) is 50.3 Å². The fourth-order valence-electron chi connectivity index (χ4n) is 2.24. The van der Waals surface area contributed by atoms with Crippen LogP contribution < -0.4 is 15.0 Å². The van der Waals surface area contributed by atoms with Crippen LogP contribution in [0, 0.1) is 11.6 Å². The van der Waals surface area contributed by atoms with E-state index in [1.165, 1.54) is 12.1 Å². The van der Waals surface area contributed by atoms with E-state index in [9.17, 15) is 8.78 Å². The van der Waals surface area contributed by atoms with Gasteiger partial charge in [0.15, 0.2) is 11.6 Å². The van der Waals surface area contributed by atoms with Crippen molar-refractivity contribution in [2.24, 2.45) is 0 Å². The van der Waals surface area contributed by atoms with E-state index in [1.807, 2.05) is 4.90 Å². The van der Waals surface area contributed by atoms with Crippen LogP contribution in [-0.4, -0.2) is 36.1 Å². The van der Waals surface area contributed by atoms with Gasteiger partial charge in [-0.3, -0.25) is 0 Å². The molecule has 1 aromatic heterocycles. The number of ether oxygens (including phenoxy) is 1. The lowest BCUT2D eigenvalue weighted by atomic mass is 10.2. The zero-order chi connectivity index (χ0) is 15.4. The highest BCUT2D eigenvalue weighted by atomic mass is 19.2. The molecule has 2 aromatic rings. The minimum absolute atomic E-state index is 0.0817. The molecule has 116 valence electrons. The molecule has 1 N–H and O–H groups in total. The lowest BCUT2D eigenvalue weighted by molar-refractivity contribution is 0.285. The number of nitrogens with one attached hydrogen (secondary N) is 1. The van der Waals surface area contributed by atoms with E-state index in [4.69, 9.17) is 4.74 Å². The van der Waals surface area contributed by atoms with Gasteiger partial charge in [-0.25, -0.2) is 13.8 Å². The van der Waals surface area contributed by atoms with Gasteiger partial charge in [-0.1, -0.05) is 12.1 Å². The number of nitrogens with zero attached hydrogens (tertiary/aromatic N) is 3. The molecule has 0 spiro atoms. The van der Waals surface area contributed by atoms with E-state index < -0.39 is 11.6 Å². The average Bonchev–Trinajstić information content (AvgIpc) is 2.57. The summed E-state index contributed by atoms with van der Waals surface area (Å²) in [6, 6.07) is 5.61. The number of halogens is 2.